The zero-order valence-corrected chi connectivity index (χ0v) is 17.6. The van der Waals surface area contributed by atoms with Gasteiger partial charge in [-0.25, -0.2) is 4.79 Å². The molecule has 2 unspecified atom stereocenters. The molecule has 1 aromatic heterocycles. The van der Waals surface area contributed by atoms with Gasteiger partial charge in [-0.2, -0.15) is 0 Å². The number of carbonyl (C=O) groups excluding carboxylic acids is 2. The van der Waals surface area contributed by atoms with Gasteiger partial charge in [0, 0.05) is 30.7 Å². The number of carbonyl (C=O) groups is 2. The molecule has 1 fully saturated rings. The van der Waals surface area contributed by atoms with E-state index in [4.69, 9.17) is 0 Å². The Morgan fingerprint density at radius 1 is 1.10 bits per heavy atom. The van der Waals surface area contributed by atoms with Crippen LogP contribution in [0.25, 0.3) is 0 Å². The van der Waals surface area contributed by atoms with Crippen molar-refractivity contribution < 1.29 is 9.59 Å². The summed E-state index contributed by atoms with van der Waals surface area (Å²) in [4.78, 5) is 31.7. The molecule has 0 bridgehead atoms. The van der Waals surface area contributed by atoms with Crippen LogP contribution in [0.4, 0.5) is 4.79 Å². The standard InChI is InChI=1S/C23H30N4O2/c1-16-8-10-17(11-9-16)19-14-27(22(29)26-23(2,3)4)15-20(19)21(28)25-13-18-7-5-6-12-24-18/h5-12,19-20H,13-15H2,1-4H3,(H,25,28)(H,26,29). The van der Waals surface area contributed by atoms with Crippen LogP contribution in [0, 0.1) is 12.8 Å². The first kappa shape index (κ1) is 20.8. The smallest absolute Gasteiger partial charge is 0.317 e. The van der Waals surface area contributed by atoms with Gasteiger partial charge in [0.05, 0.1) is 18.2 Å². The van der Waals surface area contributed by atoms with Crippen LogP contribution in [0.5, 0.6) is 0 Å². The van der Waals surface area contributed by atoms with Crippen molar-refractivity contribution in [3.05, 3.63) is 65.5 Å². The maximum atomic E-state index is 13.0. The van der Waals surface area contributed by atoms with Crippen LogP contribution in [0.1, 0.15) is 43.5 Å². The third-order valence-corrected chi connectivity index (χ3v) is 5.10. The normalized spacial score (nSPS) is 19.1. The number of nitrogens with one attached hydrogen (secondary N) is 2. The molecule has 0 aliphatic carbocycles. The van der Waals surface area contributed by atoms with E-state index in [9.17, 15) is 9.59 Å². The molecule has 0 spiro atoms. The van der Waals surface area contributed by atoms with Gasteiger partial charge in [0.25, 0.3) is 0 Å². The first-order valence-corrected chi connectivity index (χ1v) is 10.0. The molecule has 154 valence electrons. The summed E-state index contributed by atoms with van der Waals surface area (Å²) < 4.78 is 0. The summed E-state index contributed by atoms with van der Waals surface area (Å²) in [5, 5.41) is 6.00. The zero-order chi connectivity index (χ0) is 21.0. The van der Waals surface area contributed by atoms with Gasteiger partial charge in [0.15, 0.2) is 0 Å². The molecule has 1 aliphatic rings. The predicted molar refractivity (Wildman–Crippen MR) is 113 cm³/mol. The van der Waals surface area contributed by atoms with Crippen LogP contribution in [0.2, 0.25) is 0 Å². The number of nitrogens with zero attached hydrogens (tertiary/aromatic N) is 2. The average Bonchev–Trinajstić information content (AvgIpc) is 3.12. The molecule has 3 amide bonds. The Labute approximate surface area is 172 Å². The monoisotopic (exact) mass is 394 g/mol. The first-order chi connectivity index (χ1) is 13.7. The van der Waals surface area contributed by atoms with Gasteiger partial charge >= 0.3 is 6.03 Å². The van der Waals surface area contributed by atoms with Gasteiger partial charge < -0.3 is 15.5 Å². The van der Waals surface area contributed by atoms with Gasteiger partial charge in [-0.15, -0.1) is 0 Å². The molecule has 1 aliphatic heterocycles. The van der Waals surface area contributed by atoms with Crippen LogP contribution in [0.3, 0.4) is 0 Å². The number of benzene rings is 1. The number of pyridine rings is 1. The predicted octanol–water partition coefficient (Wildman–Crippen LogP) is 3.23. The maximum absolute atomic E-state index is 13.0. The van der Waals surface area contributed by atoms with Crippen molar-refractivity contribution in [2.75, 3.05) is 13.1 Å². The Kier molecular flexibility index (Phi) is 6.20. The number of aromatic nitrogens is 1. The number of likely N-dealkylation sites (tertiary alicyclic amines) is 1. The van der Waals surface area contributed by atoms with Crippen LogP contribution >= 0.6 is 0 Å². The largest absolute Gasteiger partial charge is 0.350 e. The molecular formula is C23H30N4O2. The second-order valence-electron chi connectivity index (χ2n) is 8.75. The average molecular weight is 395 g/mol. The second-order valence-corrected chi connectivity index (χ2v) is 8.75. The second kappa shape index (κ2) is 8.64. The molecule has 1 saturated heterocycles. The minimum absolute atomic E-state index is 0.0370. The summed E-state index contributed by atoms with van der Waals surface area (Å²) in [6.45, 7) is 9.20. The third kappa shape index (κ3) is 5.56. The van der Waals surface area contributed by atoms with E-state index in [1.807, 2.05) is 45.9 Å². The lowest BCUT2D eigenvalue weighted by atomic mass is 9.88. The summed E-state index contributed by atoms with van der Waals surface area (Å²) >= 11 is 0. The highest BCUT2D eigenvalue weighted by molar-refractivity contribution is 5.83. The molecule has 29 heavy (non-hydrogen) atoms. The minimum Gasteiger partial charge on any atom is -0.350 e. The van der Waals surface area contributed by atoms with Gasteiger partial charge in [-0.05, 0) is 45.4 Å². The van der Waals surface area contributed by atoms with Crippen LogP contribution in [-0.4, -0.2) is 40.5 Å². The minimum atomic E-state index is -0.324. The number of hydrogen-bond donors (Lipinski definition) is 2. The highest BCUT2D eigenvalue weighted by Gasteiger charge is 2.40. The van der Waals surface area contributed by atoms with Crippen LogP contribution in [0.15, 0.2) is 48.7 Å². The van der Waals surface area contributed by atoms with E-state index >= 15 is 0 Å². The highest BCUT2D eigenvalue weighted by atomic mass is 16.2. The fourth-order valence-electron chi connectivity index (χ4n) is 3.60. The maximum Gasteiger partial charge on any atom is 0.317 e. The number of amides is 3. The SMILES string of the molecule is Cc1ccc(C2CN(C(=O)NC(C)(C)C)CC2C(=O)NCc2ccccn2)cc1. The van der Waals surface area contributed by atoms with E-state index in [-0.39, 0.29) is 29.3 Å². The molecule has 2 aromatic rings. The molecule has 0 saturated carbocycles. The summed E-state index contributed by atoms with van der Waals surface area (Å²) in [7, 11) is 0. The highest BCUT2D eigenvalue weighted by Crippen LogP contribution is 2.33. The summed E-state index contributed by atoms with van der Waals surface area (Å²) in [5.74, 6) is -0.385. The summed E-state index contributed by atoms with van der Waals surface area (Å²) in [6, 6.07) is 13.7. The Morgan fingerprint density at radius 2 is 1.83 bits per heavy atom. The Bertz CT molecular complexity index is 843. The molecule has 2 heterocycles. The molecule has 2 N–H and O–H groups in total. The number of hydrogen-bond acceptors (Lipinski definition) is 3. The number of rotatable bonds is 4. The van der Waals surface area contributed by atoms with Crippen molar-refractivity contribution in [1.82, 2.24) is 20.5 Å². The Balaban J connectivity index is 1.75. The first-order valence-electron chi connectivity index (χ1n) is 10.0. The summed E-state index contributed by atoms with van der Waals surface area (Å²) in [6.07, 6.45) is 1.71. The third-order valence-electron chi connectivity index (χ3n) is 5.10. The lowest BCUT2D eigenvalue weighted by molar-refractivity contribution is -0.125. The van der Waals surface area contributed by atoms with Crippen molar-refractivity contribution in [1.29, 1.82) is 0 Å². The van der Waals surface area contributed by atoms with Crippen molar-refractivity contribution in [2.45, 2.75) is 45.7 Å². The van der Waals surface area contributed by atoms with E-state index in [1.54, 1.807) is 11.1 Å². The van der Waals surface area contributed by atoms with E-state index in [1.165, 1.54) is 5.56 Å². The van der Waals surface area contributed by atoms with Gasteiger partial charge in [-0.3, -0.25) is 9.78 Å². The van der Waals surface area contributed by atoms with E-state index in [2.05, 4.69) is 39.9 Å². The van der Waals surface area contributed by atoms with Crippen molar-refractivity contribution >= 4 is 11.9 Å². The van der Waals surface area contributed by atoms with E-state index < -0.39 is 0 Å². The molecule has 0 radical (unpaired) electrons. The van der Waals surface area contributed by atoms with E-state index in [0.717, 1.165) is 11.3 Å². The molecule has 6 nitrogen and oxygen atoms in total. The van der Waals surface area contributed by atoms with Crippen molar-refractivity contribution in [3.63, 3.8) is 0 Å². The molecular weight excluding hydrogens is 364 g/mol. The fourth-order valence-corrected chi connectivity index (χ4v) is 3.60. The van der Waals surface area contributed by atoms with Gasteiger partial charge in [0.2, 0.25) is 5.91 Å². The summed E-state index contributed by atoms with van der Waals surface area (Å²) in [5.41, 5.74) is 2.74. The molecule has 2 atom stereocenters. The van der Waals surface area contributed by atoms with E-state index in [0.29, 0.717) is 19.6 Å². The lowest BCUT2D eigenvalue weighted by Gasteiger charge is -2.25. The number of aryl methyl sites for hydroxylation is 1. The zero-order valence-electron chi connectivity index (χ0n) is 17.6. The lowest BCUT2D eigenvalue weighted by Crippen LogP contribution is -2.48. The Morgan fingerprint density at radius 3 is 2.45 bits per heavy atom. The van der Waals surface area contributed by atoms with Crippen LogP contribution < -0.4 is 10.6 Å². The Hall–Kier alpha value is -2.89. The molecule has 6 heteroatoms. The van der Waals surface area contributed by atoms with Crippen molar-refractivity contribution in [2.24, 2.45) is 5.92 Å². The number of urea groups is 1. The molecule has 1 aromatic carbocycles. The quantitative estimate of drug-likeness (QED) is 0.836. The van der Waals surface area contributed by atoms with Gasteiger partial charge in [-0.1, -0.05) is 35.9 Å². The van der Waals surface area contributed by atoms with Crippen LogP contribution in [-0.2, 0) is 11.3 Å². The molecule has 3 rings (SSSR count). The topological polar surface area (TPSA) is 74.3 Å². The fraction of sp³-hybridized carbons (Fsp3) is 0.435. The van der Waals surface area contributed by atoms with Crippen molar-refractivity contribution in [3.8, 4) is 0 Å². The van der Waals surface area contributed by atoms with Gasteiger partial charge in [0.1, 0.15) is 0 Å².